The minimum absolute atomic E-state index is 0.0743. The molecule has 1 heterocycles. The monoisotopic (exact) mass is 329 g/mol. The molecule has 24 heavy (non-hydrogen) atoms. The molecule has 1 aromatic heterocycles. The maximum atomic E-state index is 12.7. The summed E-state index contributed by atoms with van der Waals surface area (Å²) in [6.07, 6.45) is 2.43. The van der Waals surface area contributed by atoms with E-state index in [1.807, 2.05) is 51.1 Å². The lowest BCUT2D eigenvalue weighted by Crippen LogP contribution is -2.42. The van der Waals surface area contributed by atoms with Gasteiger partial charge in [0, 0.05) is 24.6 Å². The number of carbonyl (C=O) groups is 1. The summed E-state index contributed by atoms with van der Waals surface area (Å²) in [7, 11) is 0. The smallest absolute Gasteiger partial charge is 0.259 e. The minimum atomic E-state index is -0.493. The molecule has 1 saturated carbocycles. The standard InChI is InChI=1S/C18H23N3O3/c1-18(2,3)11-16(22)20(13-9-10-13)12-15-17(23)24-19-21(15)14-7-5-4-6-8-14/h4-8,13H,9-12H2,1-3H3. The van der Waals surface area contributed by atoms with Crippen LogP contribution in [0.5, 0.6) is 5.95 Å². The second kappa shape index (κ2) is 6.26. The van der Waals surface area contributed by atoms with E-state index in [2.05, 4.69) is 5.27 Å². The summed E-state index contributed by atoms with van der Waals surface area (Å²) in [5.41, 5.74) is 1.04. The highest BCUT2D eigenvalue weighted by Gasteiger charge is 2.37. The zero-order valence-corrected chi connectivity index (χ0v) is 14.4. The van der Waals surface area contributed by atoms with Gasteiger partial charge in [-0.2, -0.15) is 0 Å². The van der Waals surface area contributed by atoms with Crippen LogP contribution in [-0.2, 0) is 11.3 Å². The van der Waals surface area contributed by atoms with Gasteiger partial charge in [0.2, 0.25) is 11.6 Å². The Balaban J connectivity index is 1.86. The van der Waals surface area contributed by atoms with E-state index < -0.39 is 5.95 Å². The fraction of sp³-hybridized carbons (Fsp3) is 0.500. The lowest BCUT2D eigenvalue weighted by Gasteiger charge is -2.25. The van der Waals surface area contributed by atoms with Crippen LogP contribution in [0.3, 0.4) is 0 Å². The predicted octanol–water partition coefficient (Wildman–Crippen LogP) is 1.95. The first kappa shape index (κ1) is 16.5. The summed E-state index contributed by atoms with van der Waals surface area (Å²) >= 11 is 0. The SMILES string of the molecule is CC(C)(C)CC(=O)N(Cc1c([O-])on[n+]1-c1ccccc1)C1CC1. The van der Waals surface area contributed by atoms with Crippen LogP contribution in [0.1, 0.15) is 45.7 Å². The second-order valence-corrected chi connectivity index (χ2v) is 7.54. The largest absolute Gasteiger partial charge is 0.539 e. The molecule has 1 aliphatic carbocycles. The molecule has 0 aliphatic heterocycles. The number of para-hydroxylation sites is 1. The lowest BCUT2D eigenvalue weighted by atomic mass is 9.91. The second-order valence-electron chi connectivity index (χ2n) is 7.54. The molecular formula is C18H23N3O3. The summed E-state index contributed by atoms with van der Waals surface area (Å²) in [6.45, 7) is 6.35. The Bertz CT molecular complexity index is 715. The number of hydrogen-bond acceptors (Lipinski definition) is 4. The topological polar surface area (TPSA) is 73.3 Å². The number of carbonyl (C=O) groups excluding carboxylic acids is 1. The number of benzene rings is 1. The molecule has 1 fully saturated rings. The maximum Gasteiger partial charge on any atom is 0.259 e. The zero-order valence-electron chi connectivity index (χ0n) is 14.4. The Labute approximate surface area is 141 Å². The third-order valence-electron chi connectivity index (χ3n) is 4.01. The molecule has 128 valence electrons. The highest BCUT2D eigenvalue weighted by atomic mass is 16.6. The maximum absolute atomic E-state index is 12.7. The van der Waals surface area contributed by atoms with Crippen LogP contribution in [0, 0.1) is 5.41 Å². The van der Waals surface area contributed by atoms with Crippen molar-refractivity contribution < 1.29 is 19.1 Å². The normalized spacial score (nSPS) is 14.6. The number of amides is 1. The molecule has 0 N–H and O–H groups in total. The van der Waals surface area contributed by atoms with Crippen LogP contribution in [0.2, 0.25) is 0 Å². The van der Waals surface area contributed by atoms with Crippen molar-refractivity contribution in [3.05, 3.63) is 36.0 Å². The molecule has 0 atom stereocenters. The van der Waals surface area contributed by atoms with Gasteiger partial charge in [-0.3, -0.25) is 4.79 Å². The molecule has 0 radical (unpaired) electrons. The lowest BCUT2D eigenvalue weighted by molar-refractivity contribution is -0.678. The van der Waals surface area contributed by atoms with E-state index in [1.54, 1.807) is 4.90 Å². The van der Waals surface area contributed by atoms with Gasteiger partial charge in [-0.05, 0) is 22.9 Å². The predicted molar refractivity (Wildman–Crippen MR) is 85.1 cm³/mol. The quantitative estimate of drug-likeness (QED) is 0.786. The number of aromatic nitrogens is 2. The highest BCUT2D eigenvalue weighted by molar-refractivity contribution is 5.77. The van der Waals surface area contributed by atoms with Gasteiger partial charge >= 0.3 is 0 Å². The molecule has 3 rings (SSSR count). The van der Waals surface area contributed by atoms with Gasteiger partial charge in [0.05, 0.1) is 5.27 Å². The molecular weight excluding hydrogens is 306 g/mol. The molecule has 6 heteroatoms. The molecule has 1 aromatic carbocycles. The Morgan fingerprint density at radius 1 is 1.33 bits per heavy atom. The van der Waals surface area contributed by atoms with E-state index in [9.17, 15) is 9.90 Å². The zero-order chi connectivity index (χ0) is 17.3. The first-order valence-corrected chi connectivity index (χ1v) is 8.28. The van der Waals surface area contributed by atoms with Crippen molar-refractivity contribution in [1.82, 2.24) is 10.2 Å². The van der Waals surface area contributed by atoms with Gasteiger partial charge in [0.25, 0.3) is 5.69 Å². The number of nitrogens with zero attached hydrogens (tertiary/aromatic N) is 3. The van der Waals surface area contributed by atoms with E-state index in [0.717, 1.165) is 18.5 Å². The van der Waals surface area contributed by atoms with Gasteiger partial charge in [-0.1, -0.05) is 39.0 Å². The van der Waals surface area contributed by atoms with E-state index in [4.69, 9.17) is 4.52 Å². The average Bonchev–Trinajstić information content (AvgIpc) is 3.28. The van der Waals surface area contributed by atoms with Crippen LogP contribution < -0.4 is 9.79 Å². The van der Waals surface area contributed by atoms with Crippen molar-refractivity contribution >= 4 is 5.91 Å². The molecule has 0 unspecified atom stereocenters. The van der Waals surface area contributed by atoms with Crippen molar-refractivity contribution in [3.8, 4) is 11.6 Å². The first-order valence-electron chi connectivity index (χ1n) is 8.28. The van der Waals surface area contributed by atoms with Gasteiger partial charge < -0.3 is 14.5 Å². The fourth-order valence-electron chi connectivity index (χ4n) is 2.69. The van der Waals surface area contributed by atoms with Crippen molar-refractivity contribution in [1.29, 1.82) is 0 Å². The van der Waals surface area contributed by atoms with Crippen molar-refractivity contribution in [2.45, 2.75) is 52.6 Å². The summed E-state index contributed by atoms with van der Waals surface area (Å²) < 4.78 is 6.34. The summed E-state index contributed by atoms with van der Waals surface area (Å²) in [4.78, 5) is 14.5. The van der Waals surface area contributed by atoms with Crippen molar-refractivity contribution in [3.63, 3.8) is 0 Å². The van der Waals surface area contributed by atoms with Gasteiger partial charge in [0.1, 0.15) is 6.54 Å². The van der Waals surface area contributed by atoms with Crippen LogP contribution in [0.15, 0.2) is 34.9 Å². The van der Waals surface area contributed by atoms with Crippen LogP contribution in [0.4, 0.5) is 0 Å². The van der Waals surface area contributed by atoms with Crippen LogP contribution in [0.25, 0.3) is 5.69 Å². The fourth-order valence-corrected chi connectivity index (χ4v) is 2.69. The summed E-state index contributed by atoms with van der Waals surface area (Å²) in [5.74, 6) is -0.418. The van der Waals surface area contributed by atoms with Gasteiger partial charge in [0.15, 0.2) is 5.95 Å². The number of rotatable bonds is 5. The van der Waals surface area contributed by atoms with Gasteiger partial charge in [-0.15, -0.1) is 0 Å². The summed E-state index contributed by atoms with van der Waals surface area (Å²) in [6, 6.07) is 9.56. The van der Waals surface area contributed by atoms with E-state index in [1.165, 1.54) is 4.68 Å². The molecule has 0 bridgehead atoms. The Morgan fingerprint density at radius 2 is 2.00 bits per heavy atom. The summed E-state index contributed by atoms with van der Waals surface area (Å²) in [5, 5.41) is 16.0. The highest BCUT2D eigenvalue weighted by Crippen LogP contribution is 2.31. The third kappa shape index (κ3) is 3.75. The molecule has 6 nitrogen and oxygen atoms in total. The molecule has 0 saturated heterocycles. The van der Waals surface area contributed by atoms with Gasteiger partial charge in [-0.25, -0.2) is 0 Å². The van der Waals surface area contributed by atoms with Crippen LogP contribution in [-0.4, -0.2) is 22.1 Å². The Morgan fingerprint density at radius 3 is 2.58 bits per heavy atom. The Hall–Kier alpha value is -2.37. The molecule has 1 aliphatic rings. The third-order valence-corrected chi connectivity index (χ3v) is 4.01. The van der Waals surface area contributed by atoms with Crippen LogP contribution >= 0.6 is 0 Å². The molecule has 0 spiro atoms. The van der Waals surface area contributed by atoms with Crippen molar-refractivity contribution in [2.75, 3.05) is 0 Å². The molecule has 2 aromatic rings. The van der Waals surface area contributed by atoms with Crippen molar-refractivity contribution in [2.24, 2.45) is 5.41 Å². The molecule has 1 amide bonds. The average molecular weight is 329 g/mol. The number of hydrogen-bond donors (Lipinski definition) is 0. The van der Waals surface area contributed by atoms with E-state index >= 15 is 0 Å². The van der Waals surface area contributed by atoms with E-state index in [0.29, 0.717) is 12.1 Å². The first-order chi connectivity index (χ1) is 11.3. The minimum Gasteiger partial charge on any atom is -0.539 e. The Kier molecular flexibility index (Phi) is 4.30. The van der Waals surface area contributed by atoms with E-state index in [-0.39, 0.29) is 23.9 Å².